The number of furan rings is 1. The molecule has 3 nitrogen and oxygen atoms in total. The average molecular weight is 304 g/mol. The van der Waals surface area contributed by atoms with Crippen molar-refractivity contribution in [1.82, 2.24) is 0 Å². The third-order valence-corrected chi connectivity index (χ3v) is 3.62. The van der Waals surface area contributed by atoms with E-state index in [-0.39, 0.29) is 11.2 Å². The van der Waals surface area contributed by atoms with Crippen LogP contribution < -0.4 is 5.63 Å². The molecule has 0 radical (unpaired) electrons. The quantitative estimate of drug-likeness (QED) is 0.349. The summed E-state index contributed by atoms with van der Waals surface area (Å²) < 4.78 is 49.0. The Bertz CT molecular complexity index is 1090. The van der Waals surface area contributed by atoms with Crippen LogP contribution >= 0.6 is 0 Å². The maximum Gasteiger partial charge on any atom is 0.420 e. The van der Waals surface area contributed by atoms with Crippen molar-refractivity contribution in [2.45, 2.75) is 6.18 Å². The Morgan fingerprint density at radius 2 is 1.68 bits per heavy atom. The lowest BCUT2D eigenvalue weighted by Crippen LogP contribution is -2.09. The van der Waals surface area contributed by atoms with E-state index in [1.807, 2.05) is 12.1 Å². The summed E-state index contributed by atoms with van der Waals surface area (Å²) in [6.07, 6.45) is -4.12. The van der Waals surface area contributed by atoms with Gasteiger partial charge in [-0.3, -0.25) is 0 Å². The Balaban J connectivity index is 2.25. The Hall–Kier alpha value is -2.76. The van der Waals surface area contributed by atoms with Gasteiger partial charge in [0.15, 0.2) is 5.58 Å². The average Bonchev–Trinajstić information content (AvgIpc) is 2.93. The van der Waals surface area contributed by atoms with Crippen molar-refractivity contribution < 1.29 is 22.0 Å². The molecule has 0 unspecified atom stereocenters. The molecule has 2 heterocycles. The van der Waals surface area contributed by atoms with Crippen molar-refractivity contribution in [2.75, 3.05) is 0 Å². The van der Waals surface area contributed by atoms with E-state index < -0.39 is 22.8 Å². The molecule has 0 saturated carbocycles. The van der Waals surface area contributed by atoms with E-state index in [4.69, 9.17) is 8.83 Å². The molecule has 4 rings (SSSR count). The molecule has 0 fully saturated rings. The van der Waals surface area contributed by atoms with Crippen LogP contribution in [0, 0.1) is 0 Å². The van der Waals surface area contributed by atoms with Crippen LogP contribution in [-0.2, 0) is 6.18 Å². The summed E-state index contributed by atoms with van der Waals surface area (Å²) in [7, 11) is 0. The lowest BCUT2D eigenvalue weighted by molar-refractivity contribution is -0.136. The maximum absolute atomic E-state index is 12.9. The molecule has 0 aliphatic heterocycles. The smallest absolute Gasteiger partial charge is 0.420 e. The maximum atomic E-state index is 12.9. The molecule has 0 saturated heterocycles. The van der Waals surface area contributed by atoms with Crippen LogP contribution in [0.15, 0.2) is 56.3 Å². The Kier molecular flexibility index (Phi) is 2.43. The highest BCUT2D eigenvalue weighted by molar-refractivity contribution is 6.12. The van der Waals surface area contributed by atoms with E-state index in [9.17, 15) is 18.0 Å². The fourth-order valence-corrected chi connectivity index (χ4v) is 2.64. The molecular weight excluding hydrogens is 297 g/mol. The summed E-state index contributed by atoms with van der Waals surface area (Å²) in [5.74, 6) is 0. The normalized spacial score (nSPS) is 12.5. The van der Waals surface area contributed by atoms with Crippen LogP contribution in [0.25, 0.3) is 32.7 Å². The van der Waals surface area contributed by atoms with Crippen molar-refractivity contribution in [3.63, 3.8) is 0 Å². The summed E-state index contributed by atoms with van der Waals surface area (Å²) >= 11 is 0. The van der Waals surface area contributed by atoms with Gasteiger partial charge >= 0.3 is 11.8 Å². The van der Waals surface area contributed by atoms with Crippen LogP contribution in [0.5, 0.6) is 0 Å². The van der Waals surface area contributed by atoms with Crippen molar-refractivity contribution in [2.24, 2.45) is 0 Å². The minimum atomic E-state index is -4.68. The number of halogens is 3. The summed E-state index contributed by atoms with van der Waals surface area (Å²) in [6.45, 7) is 0. The number of hydrogen-bond donors (Lipinski definition) is 0. The topological polar surface area (TPSA) is 43.4 Å². The van der Waals surface area contributed by atoms with Crippen molar-refractivity contribution in [3.05, 3.63) is 58.6 Å². The van der Waals surface area contributed by atoms with Gasteiger partial charge in [-0.1, -0.05) is 30.3 Å². The van der Waals surface area contributed by atoms with Crippen molar-refractivity contribution in [1.29, 1.82) is 0 Å². The van der Waals surface area contributed by atoms with Gasteiger partial charge in [-0.2, -0.15) is 13.2 Å². The Labute approximate surface area is 120 Å². The highest BCUT2D eigenvalue weighted by Gasteiger charge is 2.37. The van der Waals surface area contributed by atoms with Crippen LogP contribution in [0.2, 0.25) is 0 Å². The number of rotatable bonds is 0. The minimum Gasteiger partial charge on any atom is -0.463 e. The first-order chi connectivity index (χ1) is 10.5. The standard InChI is InChI=1S/C16H7F3O3/c17-16(18,19)11-7-21-14-10-6-5-8-3-1-2-4-9(8)13(10)22-15(20)12(11)14/h1-7H. The predicted octanol–water partition coefficient (Wildman–Crippen LogP) is 4.71. The second kappa shape index (κ2) is 4.13. The van der Waals surface area contributed by atoms with Gasteiger partial charge in [-0.25, -0.2) is 4.79 Å². The van der Waals surface area contributed by atoms with E-state index in [0.717, 1.165) is 5.39 Å². The van der Waals surface area contributed by atoms with Gasteiger partial charge in [0.25, 0.3) is 0 Å². The van der Waals surface area contributed by atoms with Gasteiger partial charge in [0.1, 0.15) is 22.8 Å². The van der Waals surface area contributed by atoms with E-state index in [1.165, 1.54) is 0 Å². The molecule has 110 valence electrons. The molecule has 0 aliphatic rings. The zero-order chi connectivity index (χ0) is 15.5. The molecular formula is C16H7F3O3. The van der Waals surface area contributed by atoms with Crippen LogP contribution in [0.1, 0.15) is 5.56 Å². The summed E-state index contributed by atoms with van der Waals surface area (Å²) in [4.78, 5) is 12.0. The first-order valence-electron chi connectivity index (χ1n) is 6.40. The molecule has 0 spiro atoms. The van der Waals surface area contributed by atoms with Crippen molar-refractivity contribution in [3.8, 4) is 0 Å². The lowest BCUT2D eigenvalue weighted by atomic mass is 10.1. The fraction of sp³-hybridized carbons (Fsp3) is 0.0625. The minimum absolute atomic E-state index is 0.107. The number of benzene rings is 2. The molecule has 0 bridgehead atoms. The van der Waals surface area contributed by atoms with Crippen LogP contribution in [-0.4, -0.2) is 0 Å². The zero-order valence-corrected chi connectivity index (χ0v) is 10.9. The van der Waals surface area contributed by atoms with Gasteiger partial charge in [-0.15, -0.1) is 0 Å². The van der Waals surface area contributed by atoms with Gasteiger partial charge in [0.05, 0.1) is 5.39 Å². The molecule has 0 atom stereocenters. The molecule has 0 N–H and O–H groups in total. The van der Waals surface area contributed by atoms with Crippen LogP contribution in [0.4, 0.5) is 13.2 Å². The molecule has 0 aliphatic carbocycles. The summed E-state index contributed by atoms with van der Waals surface area (Å²) in [5.41, 5.74) is -2.06. The number of hydrogen-bond acceptors (Lipinski definition) is 3. The second-order valence-electron chi connectivity index (χ2n) is 4.90. The van der Waals surface area contributed by atoms with Crippen molar-refractivity contribution >= 4 is 32.7 Å². The van der Waals surface area contributed by atoms with E-state index in [0.29, 0.717) is 17.0 Å². The molecule has 22 heavy (non-hydrogen) atoms. The Morgan fingerprint density at radius 3 is 2.45 bits per heavy atom. The molecule has 6 heteroatoms. The molecule has 2 aromatic heterocycles. The van der Waals surface area contributed by atoms with Gasteiger partial charge in [0, 0.05) is 5.39 Å². The highest BCUT2D eigenvalue weighted by Crippen LogP contribution is 2.38. The first-order valence-corrected chi connectivity index (χ1v) is 6.40. The van der Waals surface area contributed by atoms with Crippen LogP contribution in [0.3, 0.4) is 0 Å². The van der Waals surface area contributed by atoms with E-state index in [2.05, 4.69) is 0 Å². The summed E-state index contributed by atoms with van der Waals surface area (Å²) in [5, 5.41) is 1.23. The van der Waals surface area contributed by atoms with E-state index >= 15 is 0 Å². The van der Waals surface area contributed by atoms with E-state index in [1.54, 1.807) is 24.3 Å². The highest BCUT2D eigenvalue weighted by atomic mass is 19.4. The fourth-order valence-electron chi connectivity index (χ4n) is 2.64. The summed E-state index contributed by atoms with van der Waals surface area (Å²) in [6, 6.07) is 10.5. The van der Waals surface area contributed by atoms with Gasteiger partial charge < -0.3 is 8.83 Å². The molecule has 0 amide bonds. The lowest BCUT2D eigenvalue weighted by Gasteiger charge is -2.04. The van der Waals surface area contributed by atoms with Gasteiger partial charge in [-0.05, 0) is 11.5 Å². The predicted molar refractivity (Wildman–Crippen MR) is 74.8 cm³/mol. The second-order valence-corrected chi connectivity index (χ2v) is 4.90. The first kappa shape index (κ1) is 12.9. The molecule has 2 aromatic carbocycles. The third kappa shape index (κ3) is 1.67. The number of alkyl halides is 3. The third-order valence-electron chi connectivity index (χ3n) is 3.62. The Morgan fingerprint density at radius 1 is 0.909 bits per heavy atom. The monoisotopic (exact) mass is 304 g/mol. The number of fused-ring (bicyclic) bond motifs is 5. The van der Waals surface area contributed by atoms with Gasteiger partial charge in [0.2, 0.25) is 0 Å². The zero-order valence-electron chi connectivity index (χ0n) is 10.9. The SMILES string of the molecule is O=c1oc2c3ccccc3ccc2c2occ(C(F)(F)F)c12. The largest absolute Gasteiger partial charge is 0.463 e. The molecule has 4 aromatic rings.